The molecule has 0 aromatic carbocycles. The Morgan fingerprint density at radius 2 is 2.06 bits per heavy atom. The Balaban J connectivity index is 1.99. The number of carbonyl (C=O) groups is 1. The van der Waals surface area contributed by atoms with Crippen molar-refractivity contribution in [3.05, 3.63) is 0 Å². The largest absolute Gasteiger partial charge is 0.342 e. The predicted molar refractivity (Wildman–Crippen MR) is 69.5 cm³/mol. The second kappa shape index (κ2) is 4.60. The number of hydrogen-bond acceptors (Lipinski definition) is 2. The first-order valence-corrected chi connectivity index (χ1v) is 6.93. The van der Waals surface area contributed by atoms with Crippen molar-refractivity contribution in [1.29, 1.82) is 0 Å². The molecule has 1 saturated heterocycles. The van der Waals surface area contributed by atoms with E-state index in [1.54, 1.807) is 0 Å². The topological polar surface area (TPSA) is 46.3 Å². The standard InChI is InChI=1S/C14H26N2O/c1-10-4-5-12(15)11(8-10)13(17)16-7-6-14(2,3)9-16/h10-12H,4-9,15H2,1-3H3. The van der Waals surface area contributed by atoms with Crippen LogP contribution in [0.4, 0.5) is 0 Å². The van der Waals surface area contributed by atoms with E-state index in [9.17, 15) is 4.79 Å². The first-order valence-electron chi connectivity index (χ1n) is 6.93. The van der Waals surface area contributed by atoms with Gasteiger partial charge in [-0.3, -0.25) is 4.79 Å². The van der Waals surface area contributed by atoms with Crippen LogP contribution in [0.2, 0.25) is 0 Å². The van der Waals surface area contributed by atoms with Gasteiger partial charge >= 0.3 is 0 Å². The van der Waals surface area contributed by atoms with Crippen LogP contribution in [-0.2, 0) is 4.79 Å². The monoisotopic (exact) mass is 238 g/mol. The van der Waals surface area contributed by atoms with E-state index >= 15 is 0 Å². The van der Waals surface area contributed by atoms with E-state index < -0.39 is 0 Å². The maximum atomic E-state index is 12.5. The number of likely N-dealkylation sites (tertiary alicyclic amines) is 1. The fourth-order valence-corrected chi connectivity index (χ4v) is 3.22. The van der Waals surface area contributed by atoms with Crippen molar-refractivity contribution in [3.63, 3.8) is 0 Å². The molecule has 1 aliphatic carbocycles. The molecule has 0 aromatic rings. The molecule has 1 heterocycles. The number of hydrogen-bond donors (Lipinski definition) is 1. The quantitative estimate of drug-likeness (QED) is 0.759. The van der Waals surface area contributed by atoms with Crippen LogP contribution in [-0.4, -0.2) is 29.9 Å². The third-order valence-corrected chi connectivity index (χ3v) is 4.47. The molecule has 1 aliphatic heterocycles. The first kappa shape index (κ1) is 12.9. The summed E-state index contributed by atoms with van der Waals surface area (Å²) >= 11 is 0. The van der Waals surface area contributed by atoms with Gasteiger partial charge in [0.15, 0.2) is 0 Å². The van der Waals surface area contributed by atoms with Gasteiger partial charge in [0.2, 0.25) is 5.91 Å². The summed E-state index contributed by atoms with van der Waals surface area (Å²) in [6.45, 7) is 8.54. The van der Waals surface area contributed by atoms with E-state index in [2.05, 4.69) is 20.8 Å². The SMILES string of the molecule is CC1CCC(N)C(C(=O)N2CCC(C)(C)C2)C1. The molecule has 2 aliphatic rings. The summed E-state index contributed by atoms with van der Waals surface area (Å²) in [6.07, 6.45) is 4.29. The lowest BCUT2D eigenvalue weighted by Gasteiger charge is -2.34. The molecule has 3 nitrogen and oxygen atoms in total. The van der Waals surface area contributed by atoms with Gasteiger partial charge in [0.05, 0.1) is 5.92 Å². The summed E-state index contributed by atoms with van der Waals surface area (Å²) in [5.74, 6) is 1.04. The summed E-state index contributed by atoms with van der Waals surface area (Å²) in [4.78, 5) is 14.5. The van der Waals surface area contributed by atoms with E-state index in [0.717, 1.165) is 32.4 Å². The molecule has 3 unspecified atom stereocenters. The van der Waals surface area contributed by atoms with Gasteiger partial charge in [0.25, 0.3) is 0 Å². The lowest BCUT2D eigenvalue weighted by Crippen LogP contribution is -2.46. The third kappa shape index (κ3) is 2.82. The molecule has 0 radical (unpaired) electrons. The van der Waals surface area contributed by atoms with Crippen LogP contribution in [0.5, 0.6) is 0 Å². The molecular weight excluding hydrogens is 212 g/mol. The molecule has 1 saturated carbocycles. The van der Waals surface area contributed by atoms with Gasteiger partial charge in [0.1, 0.15) is 0 Å². The Hall–Kier alpha value is -0.570. The fourth-order valence-electron chi connectivity index (χ4n) is 3.22. The predicted octanol–water partition coefficient (Wildman–Crippen LogP) is 2.01. The zero-order valence-electron chi connectivity index (χ0n) is 11.4. The molecule has 2 fully saturated rings. The van der Waals surface area contributed by atoms with Crippen molar-refractivity contribution in [2.75, 3.05) is 13.1 Å². The molecule has 17 heavy (non-hydrogen) atoms. The lowest BCUT2D eigenvalue weighted by atomic mass is 9.78. The molecule has 98 valence electrons. The highest BCUT2D eigenvalue weighted by Crippen LogP contribution is 2.34. The normalized spacial score (nSPS) is 37.2. The number of carbonyl (C=O) groups excluding carboxylic acids is 1. The first-order chi connectivity index (χ1) is 7.89. The van der Waals surface area contributed by atoms with Crippen LogP contribution >= 0.6 is 0 Å². The lowest BCUT2D eigenvalue weighted by molar-refractivity contribution is -0.136. The smallest absolute Gasteiger partial charge is 0.227 e. The molecule has 0 bridgehead atoms. The molecule has 3 heteroatoms. The second-order valence-electron chi connectivity index (χ2n) is 6.86. The average molecular weight is 238 g/mol. The van der Waals surface area contributed by atoms with Crippen molar-refractivity contribution >= 4 is 5.91 Å². The summed E-state index contributed by atoms with van der Waals surface area (Å²) in [7, 11) is 0. The Morgan fingerprint density at radius 1 is 1.35 bits per heavy atom. The number of rotatable bonds is 1. The number of nitrogens with two attached hydrogens (primary N) is 1. The molecule has 2 N–H and O–H groups in total. The van der Waals surface area contributed by atoms with Crippen LogP contribution in [0, 0.1) is 17.3 Å². The van der Waals surface area contributed by atoms with Crippen LogP contribution < -0.4 is 5.73 Å². The summed E-state index contributed by atoms with van der Waals surface area (Å²) < 4.78 is 0. The van der Waals surface area contributed by atoms with Gasteiger partial charge in [-0.05, 0) is 37.0 Å². The van der Waals surface area contributed by atoms with Crippen LogP contribution in [0.15, 0.2) is 0 Å². The van der Waals surface area contributed by atoms with Crippen molar-refractivity contribution < 1.29 is 4.79 Å². The highest BCUT2D eigenvalue weighted by molar-refractivity contribution is 5.80. The van der Waals surface area contributed by atoms with E-state index in [0.29, 0.717) is 17.2 Å². The maximum Gasteiger partial charge on any atom is 0.227 e. The fraction of sp³-hybridized carbons (Fsp3) is 0.929. The van der Waals surface area contributed by atoms with Gasteiger partial charge in [-0.15, -0.1) is 0 Å². The van der Waals surface area contributed by atoms with E-state index in [-0.39, 0.29) is 12.0 Å². The molecule has 2 rings (SSSR count). The van der Waals surface area contributed by atoms with Crippen molar-refractivity contribution in [2.24, 2.45) is 23.0 Å². The van der Waals surface area contributed by atoms with Gasteiger partial charge in [-0.25, -0.2) is 0 Å². The van der Waals surface area contributed by atoms with Gasteiger partial charge < -0.3 is 10.6 Å². The third-order valence-electron chi connectivity index (χ3n) is 4.47. The number of amides is 1. The molecule has 3 atom stereocenters. The zero-order chi connectivity index (χ0) is 12.6. The number of nitrogens with zero attached hydrogens (tertiary/aromatic N) is 1. The van der Waals surface area contributed by atoms with Gasteiger partial charge in [-0.1, -0.05) is 20.8 Å². The Kier molecular flexibility index (Phi) is 3.48. The average Bonchev–Trinajstić information content (AvgIpc) is 2.61. The van der Waals surface area contributed by atoms with E-state index in [4.69, 9.17) is 5.73 Å². The van der Waals surface area contributed by atoms with E-state index in [1.165, 1.54) is 6.42 Å². The van der Waals surface area contributed by atoms with Crippen molar-refractivity contribution in [3.8, 4) is 0 Å². The molecule has 0 spiro atoms. The molecule has 0 aromatic heterocycles. The minimum atomic E-state index is 0.0765. The Morgan fingerprint density at radius 3 is 2.65 bits per heavy atom. The zero-order valence-corrected chi connectivity index (χ0v) is 11.4. The minimum absolute atomic E-state index is 0.0765. The summed E-state index contributed by atoms with van der Waals surface area (Å²) in [6, 6.07) is 0.0856. The highest BCUT2D eigenvalue weighted by Gasteiger charge is 2.38. The van der Waals surface area contributed by atoms with Crippen LogP contribution in [0.1, 0.15) is 46.5 Å². The van der Waals surface area contributed by atoms with Crippen LogP contribution in [0.25, 0.3) is 0 Å². The maximum absolute atomic E-state index is 12.5. The summed E-state index contributed by atoms with van der Waals surface area (Å²) in [5.41, 5.74) is 6.42. The van der Waals surface area contributed by atoms with Gasteiger partial charge in [0, 0.05) is 19.1 Å². The van der Waals surface area contributed by atoms with E-state index in [1.807, 2.05) is 4.90 Å². The van der Waals surface area contributed by atoms with Crippen molar-refractivity contribution in [1.82, 2.24) is 4.90 Å². The Bertz CT molecular complexity index is 301. The molecular formula is C14H26N2O. The van der Waals surface area contributed by atoms with Gasteiger partial charge in [-0.2, -0.15) is 0 Å². The molecule has 1 amide bonds. The van der Waals surface area contributed by atoms with Crippen LogP contribution in [0.3, 0.4) is 0 Å². The van der Waals surface area contributed by atoms with Crippen molar-refractivity contribution in [2.45, 2.75) is 52.5 Å². The second-order valence-corrected chi connectivity index (χ2v) is 6.86. The summed E-state index contributed by atoms with van der Waals surface area (Å²) in [5, 5.41) is 0. The Labute approximate surface area is 105 Å². The highest BCUT2D eigenvalue weighted by atomic mass is 16.2. The minimum Gasteiger partial charge on any atom is -0.342 e.